The Labute approximate surface area is 134 Å². The first kappa shape index (κ1) is 17.4. The van der Waals surface area contributed by atoms with Gasteiger partial charge in [0, 0.05) is 0 Å². The van der Waals surface area contributed by atoms with Crippen molar-refractivity contribution in [2.45, 2.75) is 110 Å². The van der Waals surface area contributed by atoms with E-state index in [-0.39, 0.29) is 0 Å². The van der Waals surface area contributed by atoms with Crippen molar-refractivity contribution in [1.29, 1.82) is 0 Å². The first-order chi connectivity index (χ1) is 10.3. The Hall–Kier alpha value is 0. The highest BCUT2D eigenvalue weighted by Gasteiger charge is 2.31. The van der Waals surface area contributed by atoms with E-state index >= 15 is 0 Å². The van der Waals surface area contributed by atoms with E-state index in [0.717, 1.165) is 23.7 Å². The molecule has 2 aliphatic carbocycles. The molecule has 0 aromatic carbocycles. The van der Waals surface area contributed by atoms with Crippen molar-refractivity contribution in [2.75, 3.05) is 0 Å². The number of hydrogen-bond donors (Lipinski definition) is 0. The standard InChI is InChI=1S/C21H40/c1-3-5-7-10-18-13-15-20(16-14-18)21-12-8-11-19(17-21)9-6-4-2/h18-21H,3-17H2,1-2H3. The van der Waals surface area contributed by atoms with E-state index in [1.54, 1.807) is 44.9 Å². The Balaban J connectivity index is 1.66. The smallest absolute Gasteiger partial charge is 0.0383 e. The van der Waals surface area contributed by atoms with Crippen LogP contribution in [0.3, 0.4) is 0 Å². The van der Waals surface area contributed by atoms with Gasteiger partial charge in [-0.3, -0.25) is 0 Å². The molecule has 0 bridgehead atoms. The van der Waals surface area contributed by atoms with Crippen molar-refractivity contribution in [3.8, 4) is 0 Å². The zero-order chi connectivity index (χ0) is 14.9. The number of rotatable bonds is 8. The Kier molecular flexibility index (Phi) is 8.19. The van der Waals surface area contributed by atoms with Crippen LogP contribution in [0.1, 0.15) is 110 Å². The van der Waals surface area contributed by atoms with Crippen LogP contribution in [0.15, 0.2) is 0 Å². The Morgan fingerprint density at radius 3 is 2.05 bits per heavy atom. The van der Waals surface area contributed by atoms with E-state index in [2.05, 4.69) is 13.8 Å². The highest BCUT2D eigenvalue weighted by molar-refractivity contribution is 4.82. The summed E-state index contributed by atoms with van der Waals surface area (Å²) >= 11 is 0. The van der Waals surface area contributed by atoms with Crippen LogP contribution in [-0.4, -0.2) is 0 Å². The second kappa shape index (κ2) is 9.90. The molecule has 0 N–H and O–H groups in total. The molecule has 0 aromatic heterocycles. The molecule has 2 atom stereocenters. The minimum Gasteiger partial charge on any atom is -0.0654 e. The van der Waals surface area contributed by atoms with Crippen LogP contribution >= 0.6 is 0 Å². The third-order valence-electron chi connectivity index (χ3n) is 6.56. The fourth-order valence-corrected chi connectivity index (χ4v) is 5.15. The van der Waals surface area contributed by atoms with E-state index < -0.39 is 0 Å². The largest absolute Gasteiger partial charge is 0.0654 e. The highest BCUT2D eigenvalue weighted by Crippen LogP contribution is 2.43. The fraction of sp³-hybridized carbons (Fsp3) is 1.00. The summed E-state index contributed by atoms with van der Waals surface area (Å²) in [5, 5.41) is 0. The van der Waals surface area contributed by atoms with Gasteiger partial charge in [-0.1, -0.05) is 90.9 Å². The van der Waals surface area contributed by atoms with E-state index in [9.17, 15) is 0 Å². The minimum atomic E-state index is 1.09. The minimum absolute atomic E-state index is 1.09. The average Bonchev–Trinajstić information content (AvgIpc) is 2.54. The highest BCUT2D eigenvalue weighted by atomic mass is 14.4. The summed E-state index contributed by atoms with van der Waals surface area (Å²) in [5.74, 6) is 4.40. The van der Waals surface area contributed by atoms with Crippen molar-refractivity contribution < 1.29 is 0 Å². The van der Waals surface area contributed by atoms with Crippen molar-refractivity contribution in [3.63, 3.8) is 0 Å². The van der Waals surface area contributed by atoms with Gasteiger partial charge in [0.2, 0.25) is 0 Å². The lowest BCUT2D eigenvalue weighted by atomic mass is 9.67. The molecular formula is C21H40. The molecule has 0 radical (unpaired) electrons. The van der Waals surface area contributed by atoms with E-state index in [4.69, 9.17) is 0 Å². The van der Waals surface area contributed by atoms with Gasteiger partial charge in [0.05, 0.1) is 0 Å². The van der Waals surface area contributed by atoms with Crippen molar-refractivity contribution in [2.24, 2.45) is 23.7 Å². The van der Waals surface area contributed by atoms with E-state index in [1.165, 1.54) is 51.4 Å². The molecule has 0 heterocycles. The van der Waals surface area contributed by atoms with Crippen LogP contribution in [0.5, 0.6) is 0 Å². The molecule has 0 nitrogen and oxygen atoms in total. The zero-order valence-electron chi connectivity index (χ0n) is 14.9. The van der Waals surface area contributed by atoms with Crippen LogP contribution in [0.2, 0.25) is 0 Å². The molecule has 0 spiro atoms. The zero-order valence-corrected chi connectivity index (χ0v) is 14.9. The Morgan fingerprint density at radius 2 is 1.33 bits per heavy atom. The quantitative estimate of drug-likeness (QED) is 0.410. The predicted octanol–water partition coefficient (Wildman–Crippen LogP) is 7.37. The second-order valence-corrected chi connectivity index (χ2v) is 8.21. The molecule has 2 aliphatic rings. The molecule has 0 aromatic rings. The third-order valence-corrected chi connectivity index (χ3v) is 6.56. The van der Waals surface area contributed by atoms with Crippen LogP contribution in [-0.2, 0) is 0 Å². The monoisotopic (exact) mass is 292 g/mol. The van der Waals surface area contributed by atoms with Crippen LogP contribution < -0.4 is 0 Å². The Bertz CT molecular complexity index is 249. The lowest BCUT2D eigenvalue weighted by Gasteiger charge is -2.38. The molecule has 0 amide bonds. The SMILES string of the molecule is CCCCCC1CCC(C2CCCC(CCCC)C2)CC1. The third kappa shape index (κ3) is 5.95. The topological polar surface area (TPSA) is 0 Å². The summed E-state index contributed by atoms with van der Waals surface area (Å²) < 4.78 is 0. The summed E-state index contributed by atoms with van der Waals surface area (Å²) in [6.07, 6.45) is 22.8. The molecule has 21 heavy (non-hydrogen) atoms. The van der Waals surface area contributed by atoms with Crippen molar-refractivity contribution in [1.82, 2.24) is 0 Å². The van der Waals surface area contributed by atoms with Gasteiger partial charge in [-0.05, 0) is 42.9 Å². The lowest BCUT2D eigenvalue weighted by Crippen LogP contribution is -2.26. The number of hydrogen-bond acceptors (Lipinski definition) is 0. The molecule has 2 unspecified atom stereocenters. The summed E-state index contributed by atoms with van der Waals surface area (Å²) in [4.78, 5) is 0. The lowest BCUT2D eigenvalue weighted by molar-refractivity contribution is 0.132. The summed E-state index contributed by atoms with van der Waals surface area (Å²) in [6.45, 7) is 4.68. The molecule has 0 saturated heterocycles. The van der Waals surface area contributed by atoms with E-state index in [1.807, 2.05) is 0 Å². The van der Waals surface area contributed by atoms with Gasteiger partial charge in [0.15, 0.2) is 0 Å². The van der Waals surface area contributed by atoms with Gasteiger partial charge >= 0.3 is 0 Å². The molecule has 0 heteroatoms. The van der Waals surface area contributed by atoms with Crippen molar-refractivity contribution >= 4 is 0 Å². The molecular weight excluding hydrogens is 252 g/mol. The summed E-state index contributed by atoms with van der Waals surface area (Å²) in [7, 11) is 0. The van der Waals surface area contributed by atoms with Crippen LogP contribution in [0, 0.1) is 23.7 Å². The Morgan fingerprint density at radius 1 is 0.619 bits per heavy atom. The maximum absolute atomic E-state index is 2.35. The fourth-order valence-electron chi connectivity index (χ4n) is 5.15. The maximum atomic E-state index is 2.35. The van der Waals surface area contributed by atoms with Gasteiger partial charge in [-0.25, -0.2) is 0 Å². The van der Waals surface area contributed by atoms with Gasteiger partial charge in [-0.15, -0.1) is 0 Å². The second-order valence-electron chi connectivity index (χ2n) is 8.21. The van der Waals surface area contributed by atoms with Crippen LogP contribution in [0.4, 0.5) is 0 Å². The van der Waals surface area contributed by atoms with Crippen LogP contribution in [0.25, 0.3) is 0 Å². The maximum Gasteiger partial charge on any atom is -0.0383 e. The summed E-state index contributed by atoms with van der Waals surface area (Å²) in [5.41, 5.74) is 0. The first-order valence-electron chi connectivity index (χ1n) is 10.3. The first-order valence-corrected chi connectivity index (χ1v) is 10.3. The molecule has 2 rings (SSSR count). The van der Waals surface area contributed by atoms with E-state index in [0.29, 0.717) is 0 Å². The molecule has 0 aliphatic heterocycles. The average molecular weight is 293 g/mol. The number of unbranched alkanes of at least 4 members (excludes halogenated alkanes) is 3. The molecule has 124 valence electrons. The van der Waals surface area contributed by atoms with Gasteiger partial charge < -0.3 is 0 Å². The molecule has 2 fully saturated rings. The van der Waals surface area contributed by atoms with Gasteiger partial charge in [0.1, 0.15) is 0 Å². The van der Waals surface area contributed by atoms with Crippen molar-refractivity contribution in [3.05, 3.63) is 0 Å². The van der Waals surface area contributed by atoms with Gasteiger partial charge in [-0.2, -0.15) is 0 Å². The van der Waals surface area contributed by atoms with Gasteiger partial charge in [0.25, 0.3) is 0 Å². The summed E-state index contributed by atoms with van der Waals surface area (Å²) in [6, 6.07) is 0. The molecule has 2 saturated carbocycles. The normalized spacial score (nSPS) is 34.0. The predicted molar refractivity (Wildman–Crippen MR) is 94.6 cm³/mol.